The van der Waals surface area contributed by atoms with Crippen LogP contribution in [0.1, 0.15) is 37.5 Å². The molecule has 1 heterocycles. The van der Waals surface area contributed by atoms with Crippen molar-refractivity contribution in [3.05, 3.63) is 17.2 Å². The van der Waals surface area contributed by atoms with E-state index in [0.29, 0.717) is 5.92 Å². The molecule has 0 amide bonds. The van der Waals surface area contributed by atoms with Crippen LogP contribution in [0.3, 0.4) is 0 Å². The number of ether oxygens (including phenoxy) is 1. The number of rotatable bonds is 4. The molecule has 0 spiro atoms. The van der Waals surface area contributed by atoms with Gasteiger partial charge < -0.3 is 9.72 Å². The lowest BCUT2D eigenvalue weighted by molar-refractivity contribution is 0.159. The van der Waals surface area contributed by atoms with Crippen LogP contribution in [-0.2, 0) is 24.0 Å². The van der Waals surface area contributed by atoms with Gasteiger partial charge in [-0.25, -0.2) is 4.98 Å². The number of nitrogens with zero attached hydrogens (tertiary/aromatic N) is 1. The summed E-state index contributed by atoms with van der Waals surface area (Å²) in [4.78, 5) is 8.18. The van der Waals surface area contributed by atoms with E-state index >= 15 is 0 Å². The number of aromatic amines is 1. The van der Waals surface area contributed by atoms with E-state index < -0.39 is 0 Å². The van der Waals surface area contributed by atoms with Crippen LogP contribution < -0.4 is 0 Å². The van der Waals surface area contributed by atoms with Gasteiger partial charge in [0.2, 0.25) is 0 Å². The van der Waals surface area contributed by atoms with E-state index in [4.69, 9.17) is 9.72 Å². The second-order valence-corrected chi connectivity index (χ2v) is 5.22. The summed E-state index contributed by atoms with van der Waals surface area (Å²) in [5.74, 6) is 2.48. The molecule has 1 N–H and O–H groups in total. The highest BCUT2D eigenvalue weighted by Gasteiger charge is 2.19. The Bertz CT molecular complexity index is 346. The summed E-state index contributed by atoms with van der Waals surface area (Å²) < 4.78 is 5.15. The number of aryl methyl sites for hydroxylation is 1. The Kier molecular flexibility index (Phi) is 3.64. The minimum atomic E-state index is 0.537. The van der Waals surface area contributed by atoms with Crippen molar-refractivity contribution >= 4 is 0 Å². The lowest BCUT2D eigenvalue weighted by atomic mass is 9.92. The highest BCUT2D eigenvalue weighted by Crippen LogP contribution is 2.23. The minimum absolute atomic E-state index is 0.537. The van der Waals surface area contributed by atoms with Crippen LogP contribution in [0.25, 0.3) is 0 Å². The van der Waals surface area contributed by atoms with Gasteiger partial charge in [-0.2, -0.15) is 0 Å². The fourth-order valence-corrected chi connectivity index (χ4v) is 2.48. The second-order valence-electron chi connectivity index (χ2n) is 5.22. The Morgan fingerprint density at radius 1 is 1.56 bits per heavy atom. The molecule has 3 nitrogen and oxygen atoms in total. The monoisotopic (exact) mass is 222 g/mol. The van der Waals surface area contributed by atoms with Crippen molar-refractivity contribution in [2.45, 2.75) is 39.5 Å². The van der Waals surface area contributed by atoms with Crippen molar-refractivity contribution in [2.24, 2.45) is 11.8 Å². The molecule has 0 radical (unpaired) electrons. The lowest BCUT2D eigenvalue weighted by Gasteiger charge is -2.15. The number of fused-ring (bicyclic) bond motifs is 1. The van der Waals surface area contributed by atoms with Gasteiger partial charge in [-0.05, 0) is 31.1 Å². The molecule has 3 heteroatoms. The van der Waals surface area contributed by atoms with E-state index in [1.165, 1.54) is 24.2 Å². The van der Waals surface area contributed by atoms with E-state index in [9.17, 15) is 0 Å². The molecule has 2 atom stereocenters. The molecule has 1 aromatic heterocycles. The summed E-state index contributed by atoms with van der Waals surface area (Å²) in [5, 5.41) is 0. The van der Waals surface area contributed by atoms with Gasteiger partial charge in [0.05, 0.1) is 5.69 Å². The Morgan fingerprint density at radius 3 is 3.12 bits per heavy atom. The van der Waals surface area contributed by atoms with Gasteiger partial charge in [0, 0.05) is 25.8 Å². The topological polar surface area (TPSA) is 37.9 Å². The average Bonchev–Trinajstić information content (AvgIpc) is 2.59. The molecular weight excluding hydrogens is 200 g/mol. The summed E-state index contributed by atoms with van der Waals surface area (Å²) >= 11 is 0. The largest absolute Gasteiger partial charge is 0.384 e. The Hall–Kier alpha value is -0.830. The number of aromatic nitrogens is 2. The zero-order valence-corrected chi connectivity index (χ0v) is 10.5. The van der Waals surface area contributed by atoms with Gasteiger partial charge in [0.1, 0.15) is 5.82 Å². The maximum Gasteiger partial charge on any atom is 0.106 e. The predicted octanol–water partition coefficient (Wildman–Crippen LogP) is 2.36. The van der Waals surface area contributed by atoms with Crippen LogP contribution in [0.5, 0.6) is 0 Å². The van der Waals surface area contributed by atoms with Gasteiger partial charge in [0.15, 0.2) is 0 Å². The van der Waals surface area contributed by atoms with Crippen LogP contribution in [0.4, 0.5) is 0 Å². The van der Waals surface area contributed by atoms with Crippen molar-refractivity contribution in [1.29, 1.82) is 0 Å². The van der Waals surface area contributed by atoms with Crippen molar-refractivity contribution in [3.8, 4) is 0 Å². The molecule has 0 bridgehead atoms. The summed E-state index contributed by atoms with van der Waals surface area (Å²) in [6.07, 6.45) is 4.59. The second kappa shape index (κ2) is 5.00. The molecule has 1 aliphatic carbocycles. The van der Waals surface area contributed by atoms with E-state index in [2.05, 4.69) is 18.8 Å². The van der Waals surface area contributed by atoms with Gasteiger partial charge in [0.25, 0.3) is 0 Å². The summed E-state index contributed by atoms with van der Waals surface area (Å²) in [6, 6.07) is 0. The van der Waals surface area contributed by atoms with Crippen LogP contribution >= 0.6 is 0 Å². The third kappa shape index (κ3) is 2.64. The molecule has 16 heavy (non-hydrogen) atoms. The maximum atomic E-state index is 5.15. The van der Waals surface area contributed by atoms with Crippen LogP contribution in [0.15, 0.2) is 0 Å². The molecular formula is C13H22N2O. The molecule has 2 rings (SSSR count). The van der Waals surface area contributed by atoms with E-state index in [0.717, 1.165) is 31.2 Å². The van der Waals surface area contributed by atoms with Crippen molar-refractivity contribution in [1.82, 2.24) is 9.97 Å². The minimum Gasteiger partial charge on any atom is -0.384 e. The fourth-order valence-electron chi connectivity index (χ4n) is 2.48. The summed E-state index contributed by atoms with van der Waals surface area (Å²) in [5.41, 5.74) is 2.68. The maximum absolute atomic E-state index is 5.15. The third-order valence-electron chi connectivity index (χ3n) is 3.33. The molecule has 0 saturated heterocycles. The zero-order valence-electron chi connectivity index (χ0n) is 10.5. The number of H-pyrrole nitrogens is 1. The van der Waals surface area contributed by atoms with E-state index in [1.54, 1.807) is 7.11 Å². The molecule has 0 aromatic carbocycles. The van der Waals surface area contributed by atoms with Crippen LogP contribution in [0.2, 0.25) is 0 Å². The number of nitrogens with one attached hydrogen (secondary N) is 1. The highest BCUT2D eigenvalue weighted by molar-refractivity contribution is 5.18. The first-order valence-corrected chi connectivity index (χ1v) is 6.24. The normalized spacial score (nSPS) is 21.8. The summed E-state index contributed by atoms with van der Waals surface area (Å²) in [6.45, 7) is 5.33. The standard InChI is InChI=1S/C13H22N2O/c1-9-4-5-11-12(6-9)15-13(14-11)7-10(2)8-16-3/h9-10H,4-8H2,1-3H3,(H,14,15). The quantitative estimate of drug-likeness (QED) is 0.849. The smallest absolute Gasteiger partial charge is 0.106 e. The van der Waals surface area contributed by atoms with Gasteiger partial charge >= 0.3 is 0 Å². The number of methoxy groups -OCH3 is 1. The fraction of sp³-hybridized carbons (Fsp3) is 0.769. The zero-order chi connectivity index (χ0) is 11.5. The van der Waals surface area contributed by atoms with Crippen LogP contribution in [-0.4, -0.2) is 23.7 Å². The first-order valence-electron chi connectivity index (χ1n) is 6.24. The first-order chi connectivity index (χ1) is 7.69. The van der Waals surface area contributed by atoms with Crippen molar-refractivity contribution in [3.63, 3.8) is 0 Å². The average molecular weight is 222 g/mol. The van der Waals surface area contributed by atoms with Crippen molar-refractivity contribution in [2.75, 3.05) is 13.7 Å². The summed E-state index contributed by atoms with van der Waals surface area (Å²) in [7, 11) is 1.76. The molecule has 1 aliphatic rings. The van der Waals surface area contributed by atoms with Crippen LogP contribution in [0, 0.1) is 11.8 Å². The number of imidazole rings is 1. The SMILES string of the molecule is COCC(C)Cc1nc2c([nH]1)CC(C)CC2. The predicted molar refractivity (Wildman–Crippen MR) is 64.5 cm³/mol. The molecule has 90 valence electrons. The molecule has 1 aromatic rings. The van der Waals surface area contributed by atoms with Gasteiger partial charge in [-0.15, -0.1) is 0 Å². The Morgan fingerprint density at radius 2 is 2.38 bits per heavy atom. The molecule has 0 saturated carbocycles. The molecule has 0 aliphatic heterocycles. The van der Waals surface area contributed by atoms with Gasteiger partial charge in [-0.3, -0.25) is 0 Å². The first kappa shape index (κ1) is 11.6. The van der Waals surface area contributed by atoms with Gasteiger partial charge in [-0.1, -0.05) is 13.8 Å². The highest BCUT2D eigenvalue weighted by atomic mass is 16.5. The lowest BCUT2D eigenvalue weighted by Crippen LogP contribution is -2.10. The molecule has 2 unspecified atom stereocenters. The number of hydrogen-bond donors (Lipinski definition) is 1. The third-order valence-corrected chi connectivity index (χ3v) is 3.33. The van der Waals surface area contributed by atoms with E-state index in [-0.39, 0.29) is 0 Å². The molecule has 0 fully saturated rings. The van der Waals surface area contributed by atoms with E-state index in [1.807, 2.05) is 0 Å². The van der Waals surface area contributed by atoms with Crippen molar-refractivity contribution < 1.29 is 4.74 Å². The number of hydrogen-bond acceptors (Lipinski definition) is 2. The Labute approximate surface area is 97.6 Å². The Balaban J connectivity index is 2.01.